The number of aryl methyl sites for hydroxylation is 2. The standard InChI is InChI=1S/C15H16FN/c1-9-5-4-6-12(11(9)3)13-8-15(17)10(2)7-14(13)16/h4-8H,17H2,1-3H3. The summed E-state index contributed by atoms with van der Waals surface area (Å²) in [6.45, 7) is 5.83. The Hall–Kier alpha value is -1.83. The van der Waals surface area contributed by atoms with Crippen molar-refractivity contribution in [3.8, 4) is 11.1 Å². The van der Waals surface area contributed by atoms with Gasteiger partial charge in [-0.25, -0.2) is 4.39 Å². The highest BCUT2D eigenvalue weighted by Gasteiger charge is 2.10. The molecule has 0 aliphatic rings. The van der Waals surface area contributed by atoms with Gasteiger partial charge in [-0.15, -0.1) is 0 Å². The van der Waals surface area contributed by atoms with Gasteiger partial charge >= 0.3 is 0 Å². The monoisotopic (exact) mass is 229 g/mol. The van der Waals surface area contributed by atoms with Crippen molar-refractivity contribution in [3.63, 3.8) is 0 Å². The maximum Gasteiger partial charge on any atom is 0.131 e. The lowest BCUT2D eigenvalue weighted by Gasteiger charge is -2.11. The molecular weight excluding hydrogens is 213 g/mol. The summed E-state index contributed by atoms with van der Waals surface area (Å²) < 4.78 is 14.0. The largest absolute Gasteiger partial charge is 0.398 e. The van der Waals surface area contributed by atoms with E-state index in [1.807, 2.05) is 39.0 Å². The van der Waals surface area contributed by atoms with Crippen LogP contribution >= 0.6 is 0 Å². The Morgan fingerprint density at radius 3 is 2.35 bits per heavy atom. The molecule has 0 bridgehead atoms. The van der Waals surface area contributed by atoms with E-state index in [0.29, 0.717) is 11.3 Å². The van der Waals surface area contributed by atoms with Crippen molar-refractivity contribution < 1.29 is 4.39 Å². The molecule has 0 fully saturated rings. The quantitative estimate of drug-likeness (QED) is 0.735. The van der Waals surface area contributed by atoms with Gasteiger partial charge in [0.15, 0.2) is 0 Å². The zero-order valence-electron chi connectivity index (χ0n) is 10.3. The first kappa shape index (κ1) is 11.6. The van der Waals surface area contributed by atoms with E-state index in [1.54, 1.807) is 6.07 Å². The van der Waals surface area contributed by atoms with Crippen molar-refractivity contribution in [2.24, 2.45) is 0 Å². The van der Waals surface area contributed by atoms with Crippen molar-refractivity contribution in [2.45, 2.75) is 20.8 Å². The van der Waals surface area contributed by atoms with Crippen LogP contribution in [0.25, 0.3) is 11.1 Å². The third-order valence-corrected chi connectivity index (χ3v) is 3.25. The van der Waals surface area contributed by atoms with Gasteiger partial charge in [-0.05, 0) is 55.2 Å². The molecule has 0 saturated carbocycles. The van der Waals surface area contributed by atoms with Gasteiger partial charge in [-0.3, -0.25) is 0 Å². The lowest BCUT2D eigenvalue weighted by Crippen LogP contribution is -1.95. The molecule has 0 saturated heterocycles. The van der Waals surface area contributed by atoms with E-state index in [4.69, 9.17) is 5.73 Å². The summed E-state index contributed by atoms with van der Waals surface area (Å²) in [6.07, 6.45) is 0. The van der Waals surface area contributed by atoms with E-state index >= 15 is 0 Å². The molecule has 0 unspecified atom stereocenters. The van der Waals surface area contributed by atoms with E-state index in [0.717, 1.165) is 22.3 Å². The summed E-state index contributed by atoms with van der Waals surface area (Å²) in [7, 11) is 0. The molecule has 0 aromatic heterocycles. The van der Waals surface area contributed by atoms with Crippen LogP contribution in [0.4, 0.5) is 10.1 Å². The summed E-state index contributed by atoms with van der Waals surface area (Å²) in [4.78, 5) is 0. The lowest BCUT2D eigenvalue weighted by atomic mass is 9.95. The minimum Gasteiger partial charge on any atom is -0.398 e. The summed E-state index contributed by atoms with van der Waals surface area (Å²) in [6, 6.07) is 9.09. The van der Waals surface area contributed by atoms with Crippen LogP contribution < -0.4 is 5.73 Å². The third-order valence-electron chi connectivity index (χ3n) is 3.25. The Balaban J connectivity index is 2.69. The van der Waals surface area contributed by atoms with Crippen LogP contribution in [0.3, 0.4) is 0 Å². The second kappa shape index (κ2) is 4.21. The van der Waals surface area contributed by atoms with Crippen LogP contribution in [0.15, 0.2) is 30.3 Å². The Kier molecular flexibility index (Phi) is 2.88. The molecule has 0 amide bonds. The maximum absolute atomic E-state index is 14.0. The summed E-state index contributed by atoms with van der Waals surface area (Å²) in [5, 5.41) is 0. The highest BCUT2D eigenvalue weighted by atomic mass is 19.1. The number of rotatable bonds is 1. The first-order valence-corrected chi connectivity index (χ1v) is 5.63. The number of nitrogens with two attached hydrogens (primary N) is 1. The molecule has 0 radical (unpaired) electrons. The summed E-state index contributed by atoms with van der Waals surface area (Å²) in [5.74, 6) is -0.217. The van der Waals surface area contributed by atoms with Crippen LogP contribution in [-0.4, -0.2) is 0 Å². The first-order valence-electron chi connectivity index (χ1n) is 5.63. The van der Waals surface area contributed by atoms with Crippen molar-refractivity contribution in [1.82, 2.24) is 0 Å². The first-order chi connectivity index (χ1) is 8.00. The van der Waals surface area contributed by atoms with Crippen molar-refractivity contribution in [3.05, 3.63) is 52.8 Å². The highest BCUT2D eigenvalue weighted by molar-refractivity contribution is 5.73. The second-order valence-corrected chi connectivity index (χ2v) is 4.44. The van der Waals surface area contributed by atoms with Gasteiger partial charge in [0.05, 0.1) is 0 Å². The molecule has 2 rings (SSSR count). The van der Waals surface area contributed by atoms with Gasteiger partial charge in [0.1, 0.15) is 5.82 Å². The van der Waals surface area contributed by atoms with Crippen LogP contribution in [0, 0.1) is 26.6 Å². The number of nitrogen functional groups attached to an aromatic ring is 1. The van der Waals surface area contributed by atoms with Crippen LogP contribution in [0.1, 0.15) is 16.7 Å². The fraction of sp³-hybridized carbons (Fsp3) is 0.200. The average Bonchev–Trinajstić information content (AvgIpc) is 2.28. The van der Waals surface area contributed by atoms with Crippen molar-refractivity contribution in [2.75, 3.05) is 5.73 Å². The van der Waals surface area contributed by atoms with Crippen molar-refractivity contribution >= 4 is 5.69 Å². The Morgan fingerprint density at radius 2 is 1.65 bits per heavy atom. The molecule has 2 N–H and O–H groups in total. The van der Waals surface area contributed by atoms with Crippen LogP contribution in [0.5, 0.6) is 0 Å². The van der Waals surface area contributed by atoms with Crippen LogP contribution in [0.2, 0.25) is 0 Å². The molecule has 0 aliphatic carbocycles. The highest BCUT2D eigenvalue weighted by Crippen LogP contribution is 2.30. The normalized spacial score (nSPS) is 10.6. The smallest absolute Gasteiger partial charge is 0.131 e. The van der Waals surface area contributed by atoms with Gasteiger partial charge in [-0.2, -0.15) is 0 Å². The zero-order valence-corrected chi connectivity index (χ0v) is 10.3. The molecule has 2 heteroatoms. The fourth-order valence-electron chi connectivity index (χ4n) is 1.94. The van der Waals surface area contributed by atoms with Gasteiger partial charge in [0, 0.05) is 11.3 Å². The molecule has 1 nitrogen and oxygen atoms in total. The summed E-state index contributed by atoms with van der Waals surface area (Å²) >= 11 is 0. The summed E-state index contributed by atoms with van der Waals surface area (Å²) in [5.41, 5.74) is 11.0. The van der Waals surface area contributed by atoms with E-state index < -0.39 is 0 Å². The second-order valence-electron chi connectivity index (χ2n) is 4.44. The molecule has 2 aromatic rings. The predicted octanol–water partition coefficient (Wildman–Crippen LogP) is 4.00. The lowest BCUT2D eigenvalue weighted by molar-refractivity contribution is 0.630. The number of hydrogen-bond acceptors (Lipinski definition) is 1. The number of hydrogen-bond donors (Lipinski definition) is 1. The molecule has 0 aliphatic heterocycles. The molecule has 0 atom stereocenters. The predicted molar refractivity (Wildman–Crippen MR) is 70.5 cm³/mol. The molecule has 17 heavy (non-hydrogen) atoms. The topological polar surface area (TPSA) is 26.0 Å². The molecule has 2 aromatic carbocycles. The Bertz CT molecular complexity index is 573. The number of anilines is 1. The van der Waals surface area contributed by atoms with Crippen molar-refractivity contribution in [1.29, 1.82) is 0 Å². The average molecular weight is 229 g/mol. The van der Waals surface area contributed by atoms with Crippen LogP contribution in [-0.2, 0) is 0 Å². The van der Waals surface area contributed by atoms with Gasteiger partial charge in [0.25, 0.3) is 0 Å². The minimum absolute atomic E-state index is 0.217. The molecule has 0 heterocycles. The van der Waals surface area contributed by atoms with E-state index in [1.165, 1.54) is 6.07 Å². The molecule has 0 spiro atoms. The van der Waals surface area contributed by atoms with Gasteiger partial charge in [0.2, 0.25) is 0 Å². The maximum atomic E-state index is 14.0. The number of halogens is 1. The Labute approximate surface area is 101 Å². The SMILES string of the molecule is Cc1cc(F)c(-c2cccc(C)c2C)cc1N. The fourth-order valence-corrected chi connectivity index (χ4v) is 1.94. The molecule has 88 valence electrons. The third kappa shape index (κ3) is 2.03. The van der Waals surface area contributed by atoms with E-state index in [9.17, 15) is 4.39 Å². The van der Waals surface area contributed by atoms with Gasteiger partial charge < -0.3 is 5.73 Å². The zero-order chi connectivity index (χ0) is 12.6. The van der Waals surface area contributed by atoms with E-state index in [2.05, 4.69) is 0 Å². The number of benzene rings is 2. The molecular formula is C15H16FN. The Morgan fingerprint density at radius 1 is 0.941 bits per heavy atom. The van der Waals surface area contributed by atoms with Gasteiger partial charge in [-0.1, -0.05) is 18.2 Å². The van der Waals surface area contributed by atoms with E-state index in [-0.39, 0.29) is 5.82 Å². The minimum atomic E-state index is -0.217.